The number of piperidine rings is 1. The molecule has 29 heavy (non-hydrogen) atoms. The Bertz CT molecular complexity index is 849. The lowest BCUT2D eigenvalue weighted by Crippen LogP contribution is -2.59. The minimum Gasteiger partial charge on any atom is -0.447 e. The number of hydrogen-bond donors (Lipinski definition) is 1. The molecule has 1 spiro atoms. The molecule has 2 amide bonds. The van der Waals surface area contributed by atoms with Gasteiger partial charge < -0.3 is 15.0 Å². The Balaban J connectivity index is 1.39. The summed E-state index contributed by atoms with van der Waals surface area (Å²) in [5, 5.41) is 2.45. The average molecular weight is 431 g/mol. The molecule has 1 saturated carbocycles. The first-order chi connectivity index (χ1) is 13.6. The fourth-order valence-corrected chi connectivity index (χ4v) is 4.92. The number of amides is 2. The van der Waals surface area contributed by atoms with Crippen LogP contribution in [0.25, 0.3) is 0 Å². The summed E-state index contributed by atoms with van der Waals surface area (Å²) in [6.07, 6.45) is 0.763. The van der Waals surface area contributed by atoms with Crippen LogP contribution in [0.5, 0.6) is 0 Å². The third kappa shape index (κ3) is 3.35. The second-order valence-electron chi connectivity index (χ2n) is 8.67. The van der Waals surface area contributed by atoms with Crippen LogP contribution in [0.2, 0.25) is 5.02 Å². The van der Waals surface area contributed by atoms with Crippen molar-refractivity contribution in [2.75, 3.05) is 19.7 Å². The van der Waals surface area contributed by atoms with E-state index in [0.29, 0.717) is 12.8 Å². The van der Waals surface area contributed by atoms with Gasteiger partial charge in [-0.2, -0.15) is 0 Å². The molecule has 0 bridgehead atoms. The zero-order valence-corrected chi connectivity index (χ0v) is 16.7. The van der Waals surface area contributed by atoms with Gasteiger partial charge in [0.05, 0.1) is 10.6 Å². The van der Waals surface area contributed by atoms with Gasteiger partial charge >= 0.3 is 6.09 Å². The van der Waals surface area contributed by atoms with E-state index < -0.39 is 28.8 Å². The van der Waals surface area contributed by atoms with Gasteiger partial charge in [-0.1, -0.05) is 18.5 Å². The van der Waals surface area contributed by atoms with Crippen LogP contribution in [0.1, 0.15) is 38.2 Å². The van der Waals surface area contributed by atoms with Gasteiger partial charge in [-0.15, -0.1) is 0 Å². The predicted octanol–water partition coefficient (Wildman–Crippen LogP) is 4.09. The maximum Gasteiger partial charge on any atom is 0.407 e. The normalized spacial score (nSPS) is 28.7. The highest BCUT2D eigenvalue weighted by Gasteiger charge is 2.56. The Hall–Kier alpha value is -1.96. The number of likely N-dealkylation sites (tertiary alicyclic amines) is 1. The molecule has 0 unspecified atom stereocenters. The van der Waals surface area contributed by atoms with Crippen molar-refractivity contribution in [2.24, 2.45) is 11.3 Å². The summed E-state index contributed by atoms with van der Waals surface area (Å²) >= 11 is 5.89. The summed E-state index contributed by atoms with van der Waals surface area (Å²) in [7, 11) is 0. The minimum absolute atomic E-state index is 0.0676. The van der Waals surface area contributed by atoms with Crippen LogP contribution in [0.4, 0.5) is 18.0 Å². The van der Waals surface area contributed by atoms with Gasteiger partial charge in [-0.25, -0.2) is 18.0 Å². The van der Waals surface area contributed by atoms with Crippen LogP contribution in [0, 0.1) is 17.2 Å². The van der Waals surface area contributed by atoms with E-state index in [2.05, 4.69) is 5.32 Å². The topological polar surface area (TPSA) is 58.6 Å². The summed E-state index contributed by atoms with van der Waals surface area (Å²) in [6, 6.07) is 2.91. The first-order valence-electron chi connectivity index (χ1n) is 9.62. The molecular formula is C20H22ClF3N2O3. The highest BCUT2D eigenvalue weighted by molar-refractivity contribution is 6.31. The summed E-state index contributed by atoms with van der Waals surface area (Å²) in [5.41, 5.74) is -2.23. The van der Waals surface area contributed by atoms with E-state index in [1.807, 2.05) is 0 Å². The van der Waals surface area contributed by atoms with E-state index in [0.717, 1.165) is 18.2 Å². The molecule has 1 aromatic carbocycles. The minimum atomic E-state index is -3.25. The van der Waals surface area contributed by atoms with Gasteiger partial charge in [-0.3, -0.25) is 4.79 Å². The Morgan fingerprint density at radius 2 is 1.97 bits per heavy atom. The summed E-state index contributed by atoms with van der Waals surface area (Å²) in [4.78, 5) is 25.6. The fraction of sp³-hybridized carbons (Fsp3) is 0.600. The standard InChI is InChI=1S/C20H22ClF3N2O3/c1-18(20(23,24)14-3-2-13(22)8-15(14)21)4-6-26(7-5-18)16(27)12-9-19(10-12)11-29-17(28)25-19/h2-3,8,12H,4-7,9-11H2,1H3,(H,25,28). The van der Waals surface area contributed by atoms with E-state index in [1.165, 1.54) is 6.92 Å². The van der Waals surface area contributed by atoms with E-state index in [4.69, 9.17) is 16.3 Å². The zero-order chi connectivity index (χ0) is 21.0. The molecular weight excluding hydrogens is 409 g/mol. The number of alkyl carbamates (subject to hydrolysis) is 1. The molecule has 3 aliphatic rings. The number of benzene rings is 1. The van der Waals surface area contributed by atoms with Crippen LogP contribution in [-0.2, 0) is 15.5 Å². The van der Waals surface area contributed by atoms with Crippen LogP contribution >= 0.6 is 11.6 Å². The van der Waals surface area contributed by atoms with Gasteiger partial charge in [0, 0.05) is 30.0 Å². The number of carbonyl (C=O) groups is 2. The first kappa shape index (κ1) is 20.3. The molecule has 2 saturated heterocycles. The van der Waals surface area contributed by atoms with Gasteiger partial charge in [0.2, 0.25) is 5.91 Å². The van der Waals surface area contributed by atoms with Crippen LogP contribution in [0.3, 0.4) is 0 Å². The van der Waals surface area contributed by atoms with E-state index in [9.17, 15) is 14.0 Å². The highest BCUT2D eigenvalue weighted by atomic mass is 35.5. The maximum atomic E-state index is 15.3. The van der Waals surface area contributed by atoms with Gasteiger partial charge in [-0.05, 0) is 43.9 Å². The Kier molecular flexibility index (Phi) is 4.76. The van der Waals surface area contributed by atoms with Crippen LogP contribution in [0.15, 0.2) is 18.2 Å². The lowest BCUT2D eigenvalue weighted by atomic mass is 9.67. The number of carbonyl (C=O) groups excluding carboxylic acids is 2. The summed E-state index contributed by atoms with van der Waals surface area (Å²) < 4.78 is 48.7. The maximum absolute atomic E-state index is 15.3. The Labute approximate surface area is 171 Å². The summed E-state index contributed by atoms with van der Waals surface area (Å²) in [5.74, 6) is -4.21. The summed E-state index contributed by atoms with van der Waals surface area (Å²) in [6.45, 7) is 2.18. The van der Waals surface area contributed by atoms with Crippen molar-refractivity contribution in [3.8, 4) is 0 Å². The van der Waals surface area contributed by atoms with E-state index >= 15 is 8.78 Å². The molecule has 3 fully saturated rings. The second-order valence-corrected chi connectivity index (χ2v) is 9.08. The van der Waals surface area contributed by atoms with E-state index in [1.54, 1.807) is 4.90 Å². The van der Waals surface area contributed by atoms with Gasteiger partial charge in [0.25, 0.3) is 5.92 Å². The van der Waals surface area contributed by atoms with E-state index in [-0.39, 0.29) is 54.9 Å². The lowest BCUT2D eigenvalue weighted by molar-refractivity contribution is -0.160. The van der Waals surface area contributed by atoms with Crippen molar-refractivity contribution in [2.45, 2.75) is 44.1 Å². The van der Waals surface area contributed by atoms with Crippen molar-refractivity contribution in [1.82, 2.24) is 10.2 Å². The molecule has 0 atom stereocenters. The van der Waals surface area contributed by atoms with Gasteiger partial charge in [0.15, 0.2) is 0 Å². The van der Waals surface area contributed by atoms with Crippen molar-refractivity contribution in [3.63, 3.8) is 0 Å². The highest BCUT2D eigenvalue weighted by Crippen LogP contribution is 2.53. The quantitative estimate of drug-likeness (QED) is 0.785. The first-order valence-corrected chi connectivity index (χ1v) is 10.0. The molecule has 4 rings (SSSR count). The molecule has 5 nitrogen and oxygen atoms in total. The number of cyclic esters (lactones) is 1. The zero-order valence-electron chi connectivity index (χ0n) is 15.9. The van der Waals surface area contributed by atoms with Gasteiger partial charge in [0.1, 0.15) is 12.4 Å². The molecule has 158 valence electrons. The number of halogens is 4. The molecule has 1 N–H and O–H groups in total. The molecule has 1 aliphatic carbocycles. The SMILES string of the molecule is CC1(C(F)(F)c2ccc(F)cc2Cl)CCN(C(=O)C2CC3(COC(=O)N3)C2)CC1. The van der Waals surface area contributed by atoms with Crippen molar-refractivity contribution in [3.05, 3.63) is 34.6 Å². The monoisotopic (exact) mass is 430 g/mol. The average Bonchev–Trinajstić information content (AvgIpc) is 3.02. The lowest BCUT2D eigenvalue weighted by Gasteiger charge is -2.47. The fourth-order valence-electron chi connectivity index (χ4n) is 4.63. The molecule has 0 radical (unpaired) electrons. The largest absolute Gasteiger partial charge is 0.447 e. The smallest absolute Gasteiger partial charge is 0.407 e. The van der Waals surface area contributed by atoms with Crippen LogP contribution < -0.4 is 5.32 Å². The van der Waals surface area contributed by atoms with Crippen LogP contribution in [-0.4, -0.2) is 42.1 Å². The predicted molar refractivity (Wildman–Crippen MR) is 99.2 cm³/mol. The number of ether oxygens (including phenoxy) is 1. The Morgan fingerprint density at radius 1 is 1.31 bits per heavy atom. The number of nitrogens with one attached hydrogen (secondary N) is 1. The Morgan fingerprint density at radius 3 is 2.52 bits per heavy atom. The molecule has 2 heterocycles. The van der Waals surface area contributed by atoms with Crippen molar-refractivity contribution >= 4 is 23.6 Å². The molecule has 0 aromatic heterocycles. The number of hydrogen-bond acceptors (Lipinski definition) is 3. The number of alkyl halides is 2. The van der Waals surface area contributed by atoms with Crippen molar-refractivity contribution in [1.29, 1.82) is 0 Å². The molecule has 2 aliphatic heterocycles. The molecule has 9 heteroatoms. The third-order valence-corrected chi connectivity index (χ3v) is 6.99. The third-order valence-electron chi connectivity index (χ3n) is 6.68. The second kappa shape index (κ2) is 6.79. The number of rotatable bonds is 3. The number of nitrogens with zero attached hydrogens (tertiary/aromatic N) is 1. The molecule has 1 aromatic rings. The van der Waals surface area contributed by atoms with Crippen molar-refractivity contribution < 1.29 is 27.5 Å².